The topological polar surface area (TPSA) is 76.0 Å². The normalized spacial score (nSPS) is 10.4. The molecule has 0 spiro atoms. The first-order valence-corrected chi connectivity index (χ1v) is 8.82. The zero-order chi connectivity index (χ0) is 18.5. The highest BCUT2D eigenvalue weighted by atomic mass is 79.9. The number of rotatable bonds is 5. The predicted molar refractivity (Wildman–Crippen MR) is 104 cm³/mol. The molecule has 0 atom stereocenters. The number of halogens is 2. The van der Waals surface area contributed by atoms with Crippen LogP contribution in [0.4, 0.5) is 5.69 Å². The van der Waals surface area contributed by atoms with Crippen LogP contribution >= 0.6 is 27.5 Å². The summed E-state index contributed by atoms with van der Waals surface area (Å²) in [7, 11) is 0. The number of carbonyl (C=O) groups excluding carboxylic acids is 2. The molecule has 0 fully saturated rings. The van der Waals surface area contributed by atoms with Crippen molar-refractivity contribution in [2.24, 2.45) is 0 Å². The molecular formula is C18H14BrClN4O2. The van der Waals surface area contributed by atoms with Gasteiger partial charge in [-0.15, -0.1) is 0 Å². The Labute approximate surface area is 163 Å². The Hall–Kier alpha value is -2.64. The van der Waals surface area contributed by atoms with E-state index in [2.05, 4.69) is 31.7 Å². The second kappa shape index (κ2) is 8.16. The molecule has 2 aromatic carbocycles. The third kappa shape index (κ3) is 4.71. The maximum atomic E-state index is 12.2. The molecule has 0 saturated heterocycles. The van der Waals surface area contributed by atoms with Crippen LogP contribution in [0.25, 0.3) is 5.69 Å². The van der Waals surface area contributed by atoms with E-state index >= 15 is 0 Å². The molecule has 2 amide bonds. The number of nitrogens with zero attached hydrogens (tertiary/aromatic N) is 2. The van der Waals surface area contributed by atoms with Crippen LogP contribution in [-0.4, -0.2) is 28.1 Å². The third-order valence-electron chi connectivity index (χ3n) is 3.46. The zero-order valence-corrected chi connectivity index (χ0v) is 15.8. The molecular weight excluding hydrogens is 420 g/mol. The summed E-state index contributed by atoms with van der Waals surface area (Å²) in [4.78, 5) is 24.1. The van der Waals surface area contributed by atoms with Gasteiger partial charge in [0.25, 0.3) is 5.91 Å². The van der Waals surface area contributed by atoms with Crippen LogP contribution in [0, 0.1) is 0 Å². The van der Waals surface area contributed by atoms with Crippen LogP contribution in [0.15, 0.2) is 65.4 Å². The number of nitrogens with one attached hydrogen (secondary N) is 2. The Kier molecular flexibility index (Phi) is 5.70. The number of anilines is 1. The van der Waals surface area contributed by atoms with Crippen molar-refractivity contribution in [2.75, 3.05) is 11.9 Å². The zero-order valence-electron chi connectivity index (χ0n) is 13.4. The van der Waals surface area contributed by atoms with Gasteiger partial charge < -0.3 is 10.6 Å². The molecule has 26 heavy (non-hydrogen) atoms. The van der Waals surface area contributed by atoms with E-state index in [0.29, 0.717) is 16.3 Å². The minimum atomic E-state index is -0.385. The third-order valence-corrected chi connectivity index (χ3v) is 4.22. The molecule has 0 saturated carbocycles. The number of amides is 2. The fraction of sp³-hybridized carbons (Fsp3) is 0.0556. The van der Waals surface area contributed by atoms with Gasteiger partial charge in [0.1, 0.15) is 0 Å². The molecule has 0 radical (unpaired) electrons. The van der Waals surface area contributed by atoms with Crippen molar-refractivity contribution in [3.05, 3.63) is 76.0 Å². The summed E-state index contributed by atoms with van der Waals surface area (Å²) < 4.78 is 2.46. The molecule has 8 heteroatoms. The van der Waals surface area contributed by atoms with Crippen molar-refractivity contribution in [1.82, 2.24) is 15.1 Å². The minimum Gasteiger partial charge on any atom is -0.343 e. The molecule has 0 bridgehead atoms. The SMILES string of the molecule is O=C(CNC(=O)c1cnn(-c2cccc(Cl)c2)c1)Nc1ccc(Br)cc1. The van der Waals surface area contributed by atoms with Gasteiger partial charge in [0, 0.05) is 21.4 Å². The monoisotopic (exact) mass is 432 g/mol. The van der Waals surface area contributed by atoms with E-state index in [1.807, 2.05) is 18.2 Å². The number of carbonyl (C=O) groups is 2. The Morgan fingerprint density at radius 1 is 1.15 bits per heavy atom. The summed E-state index contributed by atoms with van der Waals surface area (Å²) in [5, 5.41) is 9.99. The van der Waals surface area contributed by atoms with Gasteiger partial charge in [0.15, 0.2) is 0 Å². The van der Waals surface area contributed by atoms with Crippen LogP contribution in [0.5, 0.6) is 0 Å². The maximum absolute atomic E-state index is 12.2. The van der Waals surface area contributed by atoms with Gasteiger partial charge in [-0.25, -0.2) is 4.68 Å². The molecule has 1 heterocycles. The van der Waals surface area contributed by atoms with Crippen LogP contribution < -0.4 is 10.6 Å². The van der Waals surface area contributed by atoms with Crippen molar-refractivity contribution in [3.8, 4) is 5.69 Å². The average molecular weight is 434 g/mol. The number of hydrogen-bond acceptors (Lipinski definition) is 3. The van der Waals surface area contributed by atoms with Crippen molar-refractivity contribution >= 4 is 45.0 Å². The number of aromatic nitrogens is 2. The van der Waals surface area contributed by atoms with Crippen LogP contribution in [0.1, 0.15) is 10.4 Å². The van der Waals surface area contributed by atoms with Crippen LogP contribution in [0.3, 0.4) is 0 Å². The lowest BCUT2D eigenvalue weighted by Gasteiger charge is -2.06. The van der Waals surface area contributed by atoms with E-state index < -0.39 is 0 Å². The lowest BCUT2D eigenvalue weighted by atomic mass is 10.3. The van der Waals surface area contributed by atoms with Gasteiger partial charge in [0.05, 0.1) is 24.0 Å². The van der Waals surface area contributed by atoms with Crippen molar-refractivity contribution < 1.29 is 9.59 Å². The smallest absolute Gasteiger partial charge is 0.254 e. The largest absolute Gasteiger partial charge is 0.343 e. The minimum absolute atomic E-state index is 0.142. The molecule has 0 aliphatic carbocycles. The lowest BCUT2D eigenvalue weighted by molar-refractivity contribution is -0.115. The molecule has 0 unspecified atom stereocenters. The van der Waals surface area contributed by atoms with Gasteiger partial charge in [0.2, 0.25) is 5.91 Å². The average Bonchev–Trinajstić information content (AvgIpc) is 3.12. The standard InChI is InChI=1S/C18H14BrClN4O2/c19-13-4-6-15(7-5-13)23-17(25)10-21-18(26)12-9-22-24(11-12)16-3-1-2-14(20)8-16/h1-9,11H,10H2,(H,21,26)(H,23,25). The van der Waals surface area contributed by atoms with Crippen molar-refractivity contribution in [1.29, 1.82) is 0 Å². The Morgan fingerprint density at radius 3 is 2.65 bits per heavy atom. The highest BCUT2D eigenvalue weighted by molar-refractivity contribution is 9.10. The molecule has 132 valence electrons. The fourth-order valence-corrected chi connectivity index (χ4v) is 2.65. The van der Waals surface area contributed by atoms with E-state index in [0.717, 1.165) is 10.2 Å². The highest BCUT2D eigenvalue weighted by Crippen LogP contribution is 2.15. The molecule has 6 nitrogen and oxygen atoms in total. The van der Waals surface area contributed by atoms with Gasteiger partial charge in [-0.05, 0) is 42.5 Å². The first-order chi connectivity index (χ1) is 12.5. The molecule has 3 rings (SSSR count). The van der Waals surface area contributed by atoms with Gasteiger partial charge in [-0.2, -0.15) is 5.10 Å². The summed E-state index contributed by atoms with van der Waals surface area (Å²) in [6.45, 7) is -0.142. The highest BCUT2D eigenvalue weighted by Gasteiger charge is 2.11. The maximum Gasteiger partial charge on any atom is 0.254 e. The Morgan fingerprint density at radius 2 is 1.92 bits per heavy atom. The van der Waals surface area contributed by atoms with E-state index in [1.165, 1.54) is 6.20 Å². The first-order valence-electron chi connectivity index (χ1n) is 7.65. The summed E-state index contributed by atoms with van der Waals surface area (Å²) >= 11 is 9.28. The molecule has 0 aliphatic heterocycles. The van der Waals surface area contributed by atoms with E-state index in [-0.39, 0.29) is 18.4 Å². The fourth-order valence-electron chi connectivity index (χ4n) is 2.20. The molecule has 1 aromatic heterocycles. The van der Waals surface area contributed by atoms with Gasteiger partial charge in [-0.3, -0.25) is 9.59 Å². The summed E-state index contributed by atoms with van der Waals surface area (Å²) in [6.07, 6.45) is 3.01. The van der Waals surface area contributed by atoms with Crippen molar-refractivity contribution in [3.63, 3.8) is 0 Å². The second-order valence-electron chi connectivity index (χ2n) is 5.39. The molecule has 3 aromatic rings. The quantitative estimate of drug-likeness (QED) is 0.645. The van der Waals surface area contributed by atoms with E-state index in [9.17, 15) is 9.59 Å². The van der Waals surface area contributed by atoms with E-state index in [1.54, 1.807) is 41.2 Å². The van der Waals surface area contributed by atoms with Crippen LogP contribution in [0.2, 0.25) is 5.02 Å². The Balaban J connectivity index is 1.57. The molecule has 2 N–H and O–H groups in total. The summed E-state index contributed by atoms with van der Waals surface area (Å²) in [6, 6.07) is 14.3. The molecule has 0 aliphatic rings. The Bertz CT molecular complexity index is 940. The van der Waals surface area contributed by atoms with Crippen molar-refractivity contribution in [2.45, 2.75) is 0 Å². The van der Waals surface area contributed by atoms with Crippen LogP contribution in [-0.2, 0) is 4.79 Å². The van der Waals surface area contributed by atoms with Gasteiger partial charge in [-0.1, -0.05) is 33.6 Å². The lowest BCUT2D eigenvalue weighted by Crippen LogP contribution is -2.32. The second-order valence-corrected chi connectivity index (χ2v) is 6.74. The van der Waals surface area contributed by atoms with E-state index in [4.69, 9.17) is 11.6 Å². The summed E-state index contributed by atoms with van der Waals surface area (Å²) in [5.41, 5.74) is 1.74. The number of benzene rings is 2. The summed E-state index contributed by atoms with van der Waals surface area (Å²) in [5.74, 6) is -0.702. The predicted octanol–water partition coefficient (Wildman–Crippen LogP) is 3.66. The van der Waals surface area contributed by atoms with Gasteiger partial charge >= 0.3 is 0 Å². The number of hydrogen-bond donors (Lipinski definition) is 2. The first kappa shape index (κ1) is 18.2.